The van der Waals surface area contributed by atoms with Gasteiger partial charge in [0.1, 0.15) is 10.1 Å². The molecule has 30 heavy (non-hydrogen) atoms. The van der Waals surface area contributed by atoms with E-state index in [1.807, 2.05) is 24.4 Å². The van der Waals surface area contributed by atoms with Crippen molar-refractivity contribution in [1.82, 2.24) is 35.5 Å². The molecule has 4 rings (SSSR count). The number of thioether (sulfide) groups is 1. The van der Waals surface area contributed by atoms with E-state index >= 15 is 0 Å². The van der Waals surface area contributed by atoms with Crippen LogP contribution < -0.4 is 5.73 Å². The number of aromatic nitrogens is 6. The van der Waals surface area contributed by atoms with E-state index in [0.29, 0.717) is 39.7 Å². The van der Waals surface area contributed by atoms with Crippen LogP contribution in [0.1, 0.15) is 29.1 Å². The minimum atomic E-state index is -0.0599. The van der Waals surface area contributed by atoms with E-state index in [1.165, 1.54) is 23.1 Å². The maximum Gasteiger partial charge on any atom is 0.266 e. The summed E-state index contributed by atoms with van der Waals surface area (Å²) in [5.41, 5.74) is 7.60. The Morgan fingerprint density at radius 3 is 3.00 bits per heavy atom. The van der Waals surface area contributed by atoms with Crippen molar-refractivity contribution < 1.29 is 4.79 Å². The number of hydrogen-bond acceptors (Lipinski definition) is 10. The van der Waals surface area contributed by atoms with E-state index in [0.717, 1.165) is 28.8 Å². The fourth-order valence-corrected chi connectivity index (χ4v) is 4.99. The molecule has 1 amide bonds. The van der Waals surface area contributed by atoms with Crippen LogP contribution in [0.4, 0.5) is 5.82 Å². The zero-order valence-electron chi connectivity index (χ0n) is 16.0. The summed E-state index contributed by atoms with van der Waals surface area (Å²) in [5.74, 6) is 1.65. The molecule has 0 radical (unpaired) electrons. The summed E-state index contributed by atoms with van der Waals surface area (Å²) in [6, 6.07) is 1.95. The fourth-order valence-electron chi connectivity index (χ4n) is 2.80. The van der Waals surface area contributed by atoms with Crippen molar-refractivity contribution in [2.45, 2.75) is 26.2 Å². The highest BCUT2D eigenvalue weighted by Crippen LogP contribution is 2.34. The molecule has 0 unspecified atom stereocenters. The number of nitrogens with two attached hydrogens (primary N) is 1. The van der Waals surface area contributed by atoms with Crippen molar-refractivity contribution in [1.29, 1.82) is 0 Å². The number of hydrogen-bond donors (Lipinski definition) is 2. The largest absolute Gasteiger partial charge is 0.383 e. The highest BCUT2D eigenvalue weighted by atomic mass is 32.2. The molecular weight excluding hydrogens is 440 g/mol. The third-order valence-corrected chi connectivity index (χ3v) is 6.71. The van der Waals surface area contributed by atoms with Gasteiger partial charge in [0, 0.05) is 40.5 Å². The van der Waals surface area contributed by atoms with Crippen molar-refractivity contribution in [2.75, 3.05) is 12.3 Å². The number of thiocarbonyl (C=S) groups is 1. The van der Waals surface area contributed by atoms with Gasteiger partial charge in [0.15, 0.2) is 11.6 Å². The summed E-state index contributed by atoms with van der Waals surface area (Å²) in [6.07, 6.45) is 5.95. The van der Waals surface area contributed by atoms with Gasteiger partial charge in [-0.15, -0.1) is 21.5 Å². The minimum absolute atomic E-state index is 0.0599. The lowest BCUT2D eigenvalue weighted by Crippen LogP contribution is -2.29. The van der Waals surface area contributed by atoms with Gasteiger partial charge in [-0.1, -0.05) is 29.2 Å². The molecule has 0 aromatic carbocycles. The van der Waals surface area contributed by atoms with E-state index in [2.05, 4.69) is 30.6 Å². The number of thiophene rings is 1. The standard InChI is InChI=1S/C18H18N8OS3/c1-10-8-20-16(21-15(10)19)11-6-12(29-9-11)7-13-17(27)26(18(28)30-13)5-3-2-4-14-22-24-25-23-14/h6-9H,2-5H2,1H3,(H2,19,20,21)(H,22,23,24,25). The number of nitrogens with zero attached hydrogens (tertiary/aromatic N) is 6. The maximum atomic E-state index is 12.8. The van der Waals surface area contributed by atoms with E-state index < -0.39 is 0 Å². The molecular formula is C18H18N8OS3. The topological polar surface area (TPSA) is 127 Å². The summed E-state index contributed by atoms with van der Waals surface area (Å²) in [7, 11) is 0. The second-order valence-corrected chi connectivity index (χ2v) is 9.24. The molecule has 12 heteroatoms. The van der Waals surface area contributed by atoms with Gasteiger partial charge in [-0.2, -0.15) is 5.21 Å². The Labute approximate surface area is 186 Å². The maximum absolute atomic E-state index is 12.8. The Hall–Kier alpha value is -2.70. The van der Waals surface area contributed by atoms with Crippen LogP contribution in [-0.4, -0.2) is 52.3 Å². The van der Waals surface area contributed by atoms with E-state index in [1.54, 1.807) is 11.1 Å². The molecule has 1 aliphatic heterocycles. The Balaban J connectivity index is 1.39. The Kier molecular flexibility index (Phi) is 6.16. The van der Waals surface area contributed by atoms with Crippen LogP contribution in [0.2, 0.25) is 0 Å². The number of H-pyrrole nitrogens is 1. The first-order valence-corrected chi connectivity index (χ1v) is 11.3. The molecule has 1 fully saturated rings. The average Bonchev–Trinajstić information content (AvgIpc) is 3.45. The van der Waals surface area contributed by atoms with Gasteiger partial charge in [0.05, 0.1) is 4.91 Å². The monoisotopic (exact) mass is 458 g/mol. The summed E-state index contributed by atoms with van der Waals surface area (Å²) in [4.78, 5) is 24.6. The number of carbonyl (C=O) groups excluding carboxylic acids is 1. The quantitative estimate of drug-likeness (QED) is 0.312. The van der Waals surface area contributed by atoms with Gasteiger partial charge in [-0.3, -0.25) is 9.69 Å². The lowest BCUT2D eigenvalue weighted by Gasteiger charge is -2.13. The molecule has 0 spiro atoms. The van der Waals surface area contributed by atoms with Crippen LogP contribution in [0.25, 0.3) is 17.5 Å². The molecule has 0 saturated carbocycles. The molecule has 1 saturated heterocycles. The fraction of sp³-hybridized carbons (Fsp3) is 0.278. The van der Waals surface area contributed by atoms with Crippen molar-refractivity contribution >= 4 is 57.4 Å². The predicted molar refractivity (Wildman–Crippen MR) is 121 cm³/mol. The number of anilines is 1. The number of aryl methyl sites for hydroxylation is 2. The number of carbonyl (C=O) groups is 1. The summed E-state index contributed by atoms with van der Waals surface area (Å²) >= 11 is 8.25. The number of nitrogens with one attached hydrogen (secondary N) is 1. The molecule has 3 N–H and O–H groups in total. The van der Waals surface area contributed by atoms with Crippen molar-refractivity contribution in [3.05, 3.63) is 38.8 Å². The number of aromatic amines is 1. The Bertz CT molecular complexity index is 1110. The zero-order valence-corrected chi connectivity index (χ0v) is 18.5. The van der Waals surface area contributed by atoms with Gasteiger partial charge >= 0.3 is 0 Å². The highest BCUT2D eigenvalue weighted by Gasteiger charge is 2.31. The van der Waals surface area contributed by atoms with Crippen LogP contribution in [0.15, 0.2) is 22.5 Å². The third kappa shape index (κ3) is 4.55. The Morgan fingerprint density at radius 2 is 2.23 bits per heavy atom. The lowest BCUT2D eigenvalue weighted by atomic mass is 10.2. The minimum Gasteiger partial charge on any atom is -0.383 e. The third-order valence-electron chi connectivity index (χ3n) is 4.46. The molecule has 3 aromatic heterocycles. The van der Waals surface area contributed by atoms with Crippen molar-refractivity contribution in [3.63, 3.8) is 0 Å². The van der Waals surface area contributed by atoms with Crippen molar-refractivity contribution in [2.24, 2.45) is 0 Å². The molecule has 154 valence electrons. The van der Waals surface area contributed by atoms with E-state index in [9.17, 15) is 4.79 Å². The SMILES string of the molecule is Cc1cnc(-c2csc(C=C3SC(=S)N(CCCCc4nn[nH]n4)C3=O)c2)nc1N. The van der Waals surface area contributed by atoms with E-state index in [4.69, 9.17) is 18.0 Å². The molecule has 9 nitrogen and oxygen atoms in total. The van der Waals surface area contributed by atoms with Crippen LogP contribution in [0.3, 0.4) is 0 Å². The highest BCUT2D eigenvalue weighted by molar-refractivity contribution is 8.26. The molecule has 4 heterocycles. The van der Waals surface area contributed by atoms with E-state index in [-0.39, 0.29) is 5.91 Å². The second kappa shape index (κ2) is 8.98. The molecule has 0 atom stereocenters. The lowest BCUT2D eigenvalue weighted by molar-refractivity contribution is -0.122. The molecule has 3 aromatic rings. The van der Waals surface area contributed by atoms with Gasteiger partial charge < -0.3 is 5.73 Å². The first kappa shape index (κ1) is 20.6. The Morgan fingerprint density at radius 1 is 1.37 bits per heavy atom. The normalized spacial score (nSPS) is 15.5. The summed E-state index contributed by atoms with van der Waals surface area (Å²) in [6.45, 7) is 2.44. The molecule has 0 aliphatic carbocycles. The second-order valence-electron chi connectivity index (χ2n) is 6.62. The van der Waals surface area contributed by atoms with Crippen LogP contribution in [0, 0.1) is 6.92 Å². The van der Waals surface area contributed by atoms with Gasteiger partial charge in [0.2, 0.25) is 0 Å². The predicted octanol–water partition coefficient (Wildman–Crippen LogP) is 2.83. The number of amides is 1. The van der Waals surface area contributed by atoms with Crippen LogP contribution in [0.5, 0.6) is 0 Å². The number of nitrogen functional groups attached to an aromatic ring is 1. The summed E-state index contributed by atoms with van der Waals surface area (Å²) < 4.78 is 0.581. The smallest absolute Gasteiger partial charge is 0.266 e. The molecule has 0 bridgehead atoms. The van der Waals surface area contributed by atoms with Gasteiger partial charge in [-0.05, 0) is 31.9 Å². The van der Waals surface area contributed by atoms with Crippen molar-refractivity contribution in [3.8, 4) is 11.4 Å². The first-order valence-electron chi connectivity index (χ1n) is 9.17. The number of tetrazole rings is 1. The van der Waals surface area contributed by atoms with Crippen LogP contribution >= 0.6 is 35.3 Å². The van der Waals surface area contributed by atoms with Gasteiger partial charge in [0.25, 0.3) is 5.91 Å². The first-order chi connectivity index (χ1) is 14.5. The van der Waals surface area contributed by atoms with Crippen LogP contribution in [-0.2, 0) is 11.2 Å². The number of unbranched alkanes of at least 4 members (excludes halogenated alkanes) is 1. The molecule has 1 aliphatic rings. The van der Waals surface area contributed by atoms with Gasteiger partial charge in [-0.25, -0.2) is 9.97 Å². The summed E-state index contributed by atoms with van der Waals surface area (Å²) in [5, 5.41) is 15.8. The average molecular weight is 459 g/mol. The zero-order chi connectivity index (χ0) is 21.1. The number of rotatable bonds is 7.